The van der Waals surface area contributed by atoms with Crippen LogP contribution >= 0.6 is 0 Å². The molecule has 0 bridgehead atoms. The molecule has 0 saturated heterocycles. The molecule has 3 heteroatoms. The van der Waals surface area contributed by atoms with Gasteiger partial charge in [-0.3, -0.25) is 4.79 Å². The minimum absolute atomic E-state index is 0.0960. The molecule has 0 aromatic heterocycles. The van der Waals surface area contributed by atoms with Crippen LogP contribution in [0.4, 0.5) is 4.39 Å². The molecule has 0 aliphatic heterocycles. The van der Waals surface area contributed by atoms with Gasteiger partial charge in [0.2, 0.25) is 0 Å². The average Bonchev–Trinajstić information content (AvgIpc) is 2.62. The molecule has 0 heterocycles. The van der Waals surface area contributed by atoms with E-state index in [2.05, 4.69) is 6.92 Å². The number of carbonyl (C=O) groups excluding carboxylic acids is 1. The van der Waals surface area contributed by atoms with E-state index in [0.717, 1.165) is 38.5 Å². The van der Waals surface area contributed by atoms with Crippen LogP contribution in [0.5, 0.6) is 0 Å². The van der Waals surface area contributed by atoms with Crippen LogP contribution in [0.15, 0.2) is 30.3 Å². The zero-order chi connectivity index (χ0) is 16.7. The van der Waals surface area contributed by atoms with Crippen molar-refractivity contribution in [2.45, 2.75) is 70.1 Å². The molecule has 2 rings (SSSR count). The van der Waals surface area contributed by atoms with E-state index in [4.69, 9.17) is 4.74 Å². The Balaban J connectivity index is 1.91. The SMILES string of the molecule is CCCCC[C@]1(OC)CC[C@@H](C(F)C(=O)c2ccccc2)CC1. The highest BCUT2D eigenvalue weighted by Crippen LogP contribution is 2.40. The molecule has 0 radical (unpaired) electrons. The summed E-state index contributed by atoms with van der Waals surface area (Å²) in [5.74, 6) is -0.538. The molecular weight excluding hydrogens is 291 g/mol. The Labute approximate surface area is 139 Å². The molecule has 1 aliphatic rings. The van der Waals surface area contributed by atoms with Crippen LogP contribution in [-0.4, -0.2) is 24.7 Å². The predicted molar refractivity (Wildman–Crippen MR) is 91.5 cm³/mol. The van der Waals surface area contributed by atoms with E-state index in [1.54, 1.807) is 31.4 Å². The van der Waals surface area contributed by atoms with Crippen molar-refractivity contribution in [1.82, 2.24) is 0 Å². The number of ketones is 1. The highest BCUT2D eigenvalue weighted by atomic mass is 19.1. The van der Waals surface area contributed by atoms with Gasteiger partial charge >= 0.3 is 0 Å². The Morgan fingerprint density at radius 1 is 1.26 bits per heavy atom. The first-order chi connectivity index (χ1) is 11.1. The van der Waals surface area contributed by atoms with E-state index < -0.39 is 6.17 Å². The van der Waals surface area contributed by atoms with Gasteiger partial charge in [-0.2, -0.15) is 0 Å². The first-order valence-electron chi connectivity index (χ1n) is 8.90. The lowest BCUT2D eigenvalue weighted by Crippen LogP contribution is -2.39. The number of benzene rings is 1. The van der Waals surface area contributed by atoms with Crippen LogP contribution < -0.4 is 0 Å². The van der Waals surface area contributed by atoms with Crippen molar-refractivity contribution in [2.24, 2.45) is 5.92 Å². The summed E-state index contributed by atoms with van der Waals surface area (Å²) in [5, 5.41) is 0. The van der Waals surface area contributed by atoms with Crippen molar-refractivity contribution in [3.63, 3.8) is 0 Å². The maximum Gasteiger partial charge on any atom is 0.197 e. The first kappa shape index (κ1) is 18.1. The van der Waals surface area contributed by atoms with Crippen LogP contribution in [0, 0.1) is 5.92 Å². The summed E-state index contributed by atoms with van der Waals surface area (Å²) in [6.45, 7) is 2.19. The van der Waals surface area contributed by atoms with Crippen molar-refractivity contribution in [3.8, 4) is 0 Å². The number of hydrogen-bond acceptors (Lipinski definition) is 2. The van der Waals surface area contributed by atoms with E-state index in [9.17, 15) is 9.18 Å². The second-order valence-corrected chi connectivity index (χ2v) is 6.81. The zero-order valence-electron chi connectivity index (χ0n) is 14.4. The molecule has 1 aliphatic carbocycles. The minimum atomic E-state index is -1.39. The molecule has 0 amide bonds. The molecule has 1 aromatic carbocycles. The molecule has 2 nitrogen and oxygen atoms in total. The van der Waals surface area contributed by atoms with E-state index in [1.165, 1.54) is 12.8 Å². The standard InChI is InChI=1S/C20H29FO2/c1-3-4-8-13-20(23-2)14-11-16(12-15-20)18(21)19(22)17-9-6-5-7-10-17/h5-7,9-10,16,18H,3-4,8,11-15H2,1-2H3/t16-,18?,20+. The number of methoxy groups -OCH3 is 1. The molecule has 0 N–H and O–H groups in total. The molecule has 1 unspecified atom stereocenters. The number of unbranched alkanes of at least 4 members (excludes halogenated alkanes) is 2. The lowest BCUT2D eigenvalue weighted by Gasteiger charge is -2.40. The zero-order valence-corrected chi connectivity index (χ0v) is 14.4. The largest absolute Gasteiger partial charge is 0.378 e. The predicted octanol–water partition coefficient (Wildman–Crippen LogP) is 5.36. The first-order valence-corrected chi connectivity index (χ1v) is 8.90. The second-order valence-electron chi connectivity index (χ2n) is 6.81. The summed E-state index contributed by atoms with van der Waals surface area (Å²) in [7, 11) is 1.77. The Hall–Kier alpha value is -1.22. The highest BCUT2D eigenvalue weighted by molar-refractivity contribution is 5.99. The molecular formula is C20H29FO2. The summed E-state index contributed by atoms with van der Waals surface area (Å²) in [4.78, 5) is 12.3. The average molecular weight is 320 g/mol. The van der Waals surface area contributed by atoms with Gasteiger partial charge < -0.3 is 4.74 Å². The third-order valence-corrected chi connectivity index (χ3v) is 5.33. The van der Waals surface area contributed by atoms with Gasteiger partial charge in [-0.05, 0) is 38.0 Å². The normalized spacial score (nSPS) is 26.0. The maximum absolute atomic E-state index is 14.6. The quantitative estimate of drug-likeness (QED) is 0.476. The van der Waals surface area contributed by atoms with Crippen LogP contribution in [0.25, 0.3) is 0 Å². The number of Topliss-reactive ketones (excluding diaryl/α,β-unsaturated/α-hetero) is 1. The number of rotatable bonds is 8. The van der Waals surface area contributed by atoms with E-state index in [-0.39, 0.29) is 17.3 Å². The summed E-state index contributed by atoms with van der Waals surface area (Å²) in [6.07, 6.45) is 6.43. The Bertz CT molecular complexity index is 478. The van der Waals surface area contributed by atoms with Crippen LogP contribution in [0.2, 0.25) is 0 Å². The number of halogens is 1. The Kier molecular flexibility index (Phi) is 6.76. The molecule has 128 valence electrons. The summed E-state index contributed by atoms with van der Waals surface area (Å²) in [5.41, 5.74) is 0.382. The number of alkyl halides is 1. The Morgan fingerprint density at radius 2 is 1.91 bits per heavy atom. The van der Waals surface area contributed by atoms with E-state index in [1.807, 2.05) is 6.07 Å². The highest BCUT2D eigenvalue weighted by Gasteiger charge is 2.39. The third-order valence-electron chi connectivity index (χ3n) is 5.33. The molecule has 1 atom stereocenters. The fraction of sp³-hybridized carbons (Fsp3) is 0.650. The van der Waals surface area contributed by atoms with Crippen LogP contribution in [0.1, 0.15) is 68.6 Å². The van der Waals surface area contributed by atoms with Crippen molar-refractivity contribution >= 4 is 5.78 Å². The summed E-state index contributed by atoms with van der Waals surface area (Å²) in [6, 6.07) is 8.80. The van der Waals surface area contributed by atoms with Crippen LogP contribution in [0.3, 0.4) is 0 Å². The van der Waals surface area contributed by atoms with Gasteiger partial charge in [0, 0.05) is 12.7 Å². The summed E-state index contributed by atoms with van der Waals surface area (Å²) >= 11 is 0. The topological polar surface area (TPSA) is 26.3 Å². The van der Waals surface area contributed by atoms with Crippen LogP contribution in [-0.2, 0) is 4.74 Å². The lowest BCUT2D eigenvalue weighted by molar-refractivity contribution is -0.0617. The molecule has 23 heavy (non-hydrogen) atoms. The maximum atomic E-state index is 14.6. The van der Waals surface area contributed by atoms with Gasteiger partial charge in [-0.15, -0.1) is 0 Å². The molecule has 0 spiro atoms. The van der Waals surface area contributed by atoms with Gasteiger partial charge in [0.05, 0.1) is 5.60 Å². The van der Waals surface area contributed by atoms with Gasteiger partial charge in [0.1, 0.15) is 0 Å². The summed E-state index contributed by atoms with van der Waals surface area (Å²) < 4.78 is 20.4. The fourth-order valence-corrected chi connectivity index (χ4v) is 3.69. The van der Waals surface area contributed by atoms with E-state index in [0.29, 0.717) is 5.56 Å². The Morgan fingerprint density at radius 3 is 2.48 bits per heavy atom. The van der Waals surface area contributed by atoms with Gasteiger partial charge in [-0.1, -0.05) is 56.5 Å². The second kappa shape index (κ2) is 8.58. The van der Waals surface area contributed by atoms with Crippen molar-refractivity contribution in [1.29, 1.82) is 0 Å². The molecule has 1 aromatic rings. The van der Waals surface area contributed by atoms with Crippen molar-refractivity contribution in [2.75, 3.05) is 7.11 Å². The number of hydrogen-bond donors (Lipinski definition) is 0. The number of carbonyl (C=O) groups is 1. The van der Waals surface area contributed by atoms with Gasteiger partial charge in [-0.25, -0.2) is 4.39 Å². The fourth-order valence-electron chi connectivity index (χ4n) is 3.69. The molecule has 1 saturated carbocycles. The van der Waals surface area contributed by atoms with E-state index >= 15 is 0 Å². The lowest BCUT2D eigenvalue weighted by atomic mass is 9.73. The molecule has 1 fully saturated rings. The monoisotopic (exact) mass is 320 g/mol. The minimum Gasteiger partial charge on any atom is -0.378 e. The smallest absolute Gasteiger partial charge is 0.197 e. The van der Waals surface area contributed by atoms with Gasteiger partial charge in [0.15, 0.2) is 12.0 Å². The van der Waals surface area contributed by atoms with Crippen molar-refractivity contribution < 1.29 is 13.9 Å². The third kappa shape index (κ3) is 4.63. The number of ether oxygens (including phenoxy) is 1. The van der Waals surface area contributed by atoms with Gasteiger partial charge in [0.25, 0.3) is 0 Å². The van der Waals surface area contributed by atoms with Crippen molar-refractivity contribution in [3.05, 3.63) is 35.9 Å².